The van der Waals surface area contributed by atoms with Crippen LogP contribution in [0.5, 0.6) is 0 Å². The molecule has 174 valence electrons. The first-order valence-corrected chi connectivity index (χ1v) is 13.2. The molecule has 0 spiro atoms. The molecule has 9 atom stereocenters. The summed E-state index contributed by atoms with van der Waals surface area (Å²) in [5.74, 6) is 3.34. The lowest BCUT2D eigenvalue weighted by atomic mass is 9.44. The molecule has 1 heterocycles. The Kier molecular flexibility index (Phi) is 5.55. The number of esters is 1. The van der Waals surface area contributed by atoms with Crippen LogP contribution in [0.15, 0.2) is 0 Å². The van der Waals surface area contributed by atoms with E-state index in [1.54, 1.807) is 6.92 Å². The maximum Gasteiger partial charge on any atom is 0.302 e. The number of piperidine rings is 1. The monoisotopic (exact) mass is 429 g/mol. The number of fused-ring (bicyclic) bond motifs is 5. The molecule has 4 saturated carbocycles. The van der Waals surface area contributed by atoms with E-state index in [0.717, 1.165) is 38.3 Å². The van der Waals surface area contributed by atoms with Crippen LogP contribution in [0, 0.1) is 40.4 Å². The third-order valence-electron chi connectivity index (χ3n) is 10.9. The molecule has 5 aliphatic rings. The summed E-state index contributed by atoms with van der Waals surface area (Å²) in [5, 5.41) is 0. The van der Waals surface area contributed by atoms with Gasteiger partial charge < -0.3 is 4.74 Å². The van der Waals surface area contributed by atoms with E-state index in [9.17, 15) is 9.59 Å². The lowest BCUT2D eigenvalue weighted by Crippen LogP contribution is -2.56. The van der Waals surface area contributed by atoms with E-state index in [-0.39, 0.29) is 28.8 Å². The summed E-state index contributed by atoms with van der Waals surface area (Å²) >= 11 is 0. The number of Topliss-reactive ketones (excluding diaryl/α,β-unsaturated/α-hetero) is 1. The van der Waals surface area contributed by atoms with Crippen molar-refractivity contribution in [2.75, 3.05) is 13.1 Å². The van der Waals surface area contributed by atoms with Crippen LogP contribution in [0.25, 0.3) is 0 Å². The van der Waals surface area contributed by atoms with Gasteiger partial charge in [0.25, 0.3) is 0 Å². The number of nitrogens with zero attached hydrogens (tertiary/aromatic N) is 1. The van der Waals surface area contributed by atoms with Crippen LogP contribution in [0.2, 0.25) is 0 Å². The van der Waals surface area contributed by atoms with Gasteiger partial charge in [-0.3, -0.25) is 14.5 Å². The fraction of sp³-hybridized carbons (Fsp3) is 0.926. The van der Waals surface area contributed by atoms with Gasteiger partial charge in [0, 0.05) is 30.7 Å². The molecule has 1 saturated heterocycles. The third-order valence-corrected chi connectivity index (χ3v) is 10.9. The van der Waals surface area contributed by atoms with Gasteiger partial charge in [0.1, 0.15) is 11.9 Å². The zero-order valence-corrected chi connectivity index (χ0v) is 20.2. The highest BCUT2D eigenvalue weighted by atomic mass is 16.5. The van der Waals surface area contributed by atoms with Crippen molar-refractivity contribution in [1.29, 1.82) is 0 Å². The molecule has 4 aliphatic carbocycles. The van der Waals surface area contributed by atoms with E-state index in [2.05, 4.69) is 25.7 Å². The van der Waals surface area contributed by atoms with Crippen molar-refractivity contribution in [3.63, 3.8) is 0 Å². The van der Waals surface area contributed by atoms with Crippen LogP contribution < -0.4 is 0 Å². The van der Waals surface area contributed by atoms with Gasteiger partial charge in [-0.2, -0.15) is 0 Å². The Hall–Kier alpha value is -0.900. The molecule has 4 heteroatoms. The number of hydrogen-bond donors (Lipinski definition) is 0. The molecular formula is C27H43NO3. The van der Waals surface area contributed by atoms with Crippen molar-refractivity contribution in [1.82, 2.24) is 4.90 Å². The minimum atomic E-state index is -0.112. The quantitative estimate of drug-likeness (QED) is 0.563. The predicted molar refractivity (Wildman–Crippen MR) is 121 cm³/mol. The average molecular weight is 430 g/mol. The molecule has 4 nitrogen and oxygen atoms in total. The number of hydrogen-bond acceptors (Lipinski definition) is 4. The average Bonchev–Trinajstić information content (AvgIpc) is 3.02. The van der Waals surface area contributed by atoms with Crippen LogP contribution in [-0.4, -0.2) is 41.9 Å². The van der Waals surface area contributed by atoms with Crippen molar-refractivity contribution >= 4 is 11.8 Å². The van der Waals surface area contributed by atoms with Crippen molar-refractivity contribution in [3.8, 4) is 0 Å². The van der Waals surface area contributed by atoms with Gasteiger partial charge in [0.05, 0.1) is 0 Å². The van der Waals surface area contributed by atoms with Crippen LogP contribution in [-0.2, 0) is 14.3 Å². The molecule has 0 aromatic heterocycles. The standard InChI is InChI=1S/C27H43NO3/c1-17-14-19-8-9-20-21(27(19,4)16-24(17)30)10-11-26(3)22(20)15-23(25(26)31-18(2)29)28-12-6-5-7-13-28/h17,19-23,25H,5-16H2,1-4H3/t17-,19+,20-,21+,22+,23+,25+,26+,27+/m1/s1. The Morgan fingerprint density at radius 3 is 2.45 bits per heavy atom. The highest BCUT2D eigenvalue weighted by molar-refractivity contribution is 5.82. The Morgan fingerprint density at radius 2 is 1.74 bits per heavy atom. The van der Waals surface area contributed by atoms with Crippen LogP contribution in [0.4, 0.5) is 0 Å². The van der Waals surface area contributed by atoms with Gasteiger partial charge >= 0.3 is 5.97 Å². The first kappa shape index (κ1) is 21.9. The number of ether oxygens (including phenoxy) is 1. The van der Waals surface area contributed by atoms with Gasteiger partial charge in [-0.1, -0.05) is 27.2 Å². The Bertz CT molecular complexity index is 730. The molecule has 0 aromatic rings. The first-order valence-electron chi connectivity index (χ1n) is 13.2. The number of likely N-dealkylation sites (tertiary alicyclic amines) is 1. The first-order chi connectivity index (χ1) is 14.7. The maximum atomic E-state index is 12.8. The molecular weight excluding hydrogens is 386 g/mol. The third kappa shape index (κ3) is 3.42. The van der Waals surface area contributed by atoms with Crippen molar-refractivity contribution in [3.05, 3.63) is 0 Å². The largest absolute Gasteiger partial charge is 0.460 e. The summed E-state index contributed by atoms with van der Waals surface area (Å²) in [6.07, 6.45) is 11.9. The molecule has 0 bridgehead atoms. The van der Waals surface area contributed by atoms with Gasteiger partial charge in [0.2, 0.25) is 0 Å². The smallest absolute Gasteiger partial charge is 0.302 e. The minimum absolute atomic E-state index is 0.0348. The van der Waals surface area contributed by atoms with Crippen LogP contribution in [0.3, 0.4) is 0 Å². The Morgan fingerprint density at radius 1 is 1.00 bits per heavy atom. The molecule has 0 amide bonds. The SMILES string of the molecule is CC(=O)O[C@H]1[C@@H](N2CCCCC2)C[C@H]2[C@@H]3CC[C@H]4C[C@@H](C)C(=O)C[C@]4(C)[C@H]3CC[C@@]21C. The fourth-order valence-electron chi connectivity index (χ4n) is 9.26. The lowest BCUT2D eigenvalue weighted by molar-refractivity contribution is -0.167. The topological polar surface area (TPSA) is 46.6 Å². The summed E-state index contributed by atoms with van der Waals surface area (Å²) in [4.78, 5) is 27.6. The highest BCUT2D eigenvalue weighted by Crippen LogP contribution is 2.67. The fourth-order valence-corrected chi connectivity index (χ4v) is 9.26. The molecule has 0 N–H and O–H groups in total. The lowest BCUT2D eigenvalue weighted by Gasteiger charge is -2.60. The summed E-state index contributed by atoms with van der Waals surface area (Å²) in [6, 6.07) is 0.386. The van der Waals surface area contributed by atoms with Gasteiger partial charge in [0.15, 0.2) is 0 Å². The molecule has 1 aliphatic heterocycles. The van der Waals surface area contributed by atoms with Crippen LogP contribution in [0.1, 0.15) is 91.9 Å². The molecule has 5 rings (SSSR count). The Labute approximate surface area is 188 Å². The summed E-state index contributed by atoms with van der Waals surface area (Å²) in [7, 11) is 0. The van der Waals surface area contributed by atoms with E-state index < -0.39 is 0 Å². The summed E-state index contributed by atoms with van der Waals surface area (Å²) in [6.45, 7) is 11.0. The van der Waals surface area contributed by atoms with Crippen molar-refractivity contribution in [2.45, 2.75) is 104 Å². The number of rotatable bonds is 2. The second-order valence-corrected chi connectivity index (χ2v) is 12.4. The normalized spacial score (nSPS) is 50.3. The van der Waals surface area contributed by atoms with E-state index in [1.165, 1.54) is 44.9 Å². The molecule has 31 heavy (non-hydrogen) atoms. The van der Waals surface area contributed by atoms with E-state index in [1.807, 2.05) is 0 Å². The Balaban J connectivity index is 1.44. The number of ketones is 1. The van der Waals surface area contributed by atoms with E-state index in [4.69, 9.17) is 4.74 Å². The summed E-state index contributed by atoms with van der Waals surface area (Å²) in [5.41, 5.74) is 0.276. The second kappa shape index (κ2) is 7.85. The second-order valence-electron chi connectivity index (χ2n) is 12.4. The van der Waals surface area contributed by atoms with E-state index in [0.29, 0.717) is 29.6 Å². The molecule has 0 aromatic carbocycles. The molecule has 0 radical (unpaired) electrons. The minimum Gasteiger partial charge on any atom is -0.460 e. The van der Waals surface area contributed by atoms with Gasteiger partial charge in [-0.15, -0.1) is 0 Å². The maximum absolute atomic E-state index is 12.8. The zero-order chi connectivity index (χ0) is 22.0. The predicted octanol–water partition coefficient (Wildman–Crippen LogP) is 5.24. The number of carbonyl (C=O) groups is 2. The molecule has 0 unspecified atom stereocenters. The molecule has 5 fully saturated rings. The van der Waals surface area contributed by atoms with Gasteiger partial charge in [-0.25, -0.2) is 0 Å². The number of carbonyl (C=O) groups excluding carboxylic acids is 2. The van der Waals surface area contributed by atoms with Crippen molar-refractivity contribution < 1.29 is 14.3 Å². The van der Waals surface area contributed by atoms with Crippen molar-refractivity contribution in [2.24, 2.45) is 40.4 Å². The summed E-state index contributed by atoms with van der Waals surface area (Å²) < 4.78 is 6.16. The zero-order valence-electron chi connectivity index (χ0n) is 20.2. The van der Waals surface area contributed by atoms with Gasteiger partial charge in [-0.05, 0) is 93.5 Å². The highest BCUT2D eigenvalue weighted by Gasteiger charge is 2.64. The van der Waals surface area contributed by atoms with E-state index >= 15 is 0 Å². The van der Waals surface area contributed by atoms with Crippen LogP contribution >= 0.6 is 0 Å².